The highest BCUT2D eigenvalue weighted by Crippen LogP contribution is 2.28. The highest BCUT2D eigenvalue weighted by Gasteiger charge is 2.39. The van der Waals surface area contributed by atoms with Gasteiger partial charge >= 0.3 is 0 Å². The standard InChI is InChI=1S/C16H30N2OS/c1-4-5-6-14-16(19)18(10-13-7-8-20-11-13)15(17-14)9-12(2)3/h12-15,17H,4-11H2,1-3H3. The van der Waals surface area contributed by atoms with Crippen LogP contribution in [-0.2, 0) is 4.79 Å². The van der Waals surface area contributed by atoms with Crippen LogP contribution in [-0.4, -0.2) is 41.1 Å². The number of rotatable bonds is 7. The molecule has 0 spiro atoms. The zero-order chi connectivity index (χ0) is 14.5. The van der Waals surface area contributed by atoms with Gasteiger partial charge in [-0.15, -0.1) is 0 Å². The predicted octanol–water partition coefficient (Wildman–Crippen LogP) is 3.10. The van der Waals surface area contributed by atoms with E-state index in [1.54, 1.807) is 0 Å². The van der Waals surface area contributed by atoms with Crippen molar-refractivity contribution in [3.05, 3.63) is 0 Å². The molecule has 2 rings (SSSR count). The Bertz CT molecular complexity index is 316. The average Bonchev–Trinajstić information content (AvgIpc) is 2.99. The molecule has 0 aromatic heterocycles. The van der Waals surface area contributed by atoms with E-state index in [2.05, 4.69) is 31.0 Å². The molecule has 0 aliphatic carbocycles. The molecule has 0 bridgehead atoms. The van der Waals surface area contributed by atoms with E-state index in [4.69, 9.17) is 0 Å². The van der Waals surface area contributed by atoms with Crippen molar-refractivity contribution >= 4 is 17.7 Å². The fraction of sp³-hybridized carbons (Fsp3) is 0.938. The molecule has 3 nitrogen and oxygen atoms in total. The van der Waals surface area contributed by atoms with E-state index in [1.807, 2.05) is 11.8 Å². The van der Waals surface area contributed by atoms with Crippen molar-refractivity contribution in [2.45, 2.75) is 65.1 Å². The molecule has 0 radical (unpaired) electrons. The molecule has 0 saturated carbocycles. The maximum Gasteiger partial charge on any atom is 0.241 e. The van der Waals surface area contributed by atoms with Crippen molar-refractivity contribution in [1.82, 2.24) is 10.2 Å². The van der Waals surface area contributed by atoms with Gasteiger partial charge in [-0.2, -0.15) is 11.8 Å². The number of nitrogens with one attached hydrogen (secondary N) is 1. The Hall–Kier alpha value is -0.220. The summed E-state index contributed by atoms with van der Waals surface area (Å²) < 4.78 is 0. The van der Waals surface area contributed by atoms with Crippen molar-refractivity contribution < 1.29 is 4.79 Å². The average molecular weight is 298 g/mol. The molecule has 2 fully saturated rings. The quantitative estimate of drug-likeness (QED) is 0.784. The first-order chi connectivity index (χ1) is 9.61. The molecule has 1 N–H and O–H groups in total. The molecule has 1 amide bonds. The van der Waals surface area contributed by atoms with E-state index in [0.717, 1.165) is 25.8 Å². The van der Waals surface area contributed by atoms with Gasteiger partial charge in [0, 0.05) is 6.54 Å². The monoisotopic (exact) mass is 298 g/mol. The van der Waals surface area contributed by atoms with E-state index in [9.17, 15) is 4.79 Å². The van der Waals surface area contributed by atoms with Crippen LogP contribution in [0.5, 0.6) is 0 Å². The molecule has 3 unspecified atom stereocenters. The summed E-state index contributed by atoms with van der Waals surface area (Å²) in [6, 6.07) is 0.0766. The van der Waals surface area contributed by atoms with E-state index in [1.165, 1.54) is 24.3 Å². The second kappa shape index (κ2) is 7.69. The molecule has 2 saturated heterocycles. The number of carbonyl (C=O) groups excluding carboxylic acids is 1. The summed E-state index contributed by atoms with van der Waals surface area (Å²) >= 11 is 2.04. The lowest BCUT2D eigenvalue weighted by molar-refractivity contribution is -0.130. The van der Waals surface area contributed by atoms with Crippen molar-refractivity contribution in [3.8, 4) is 0 Å². The molecule has 4 heteroatoms. The molecule has 20 heavy (non-hydrogen) atoms. The zero-order valence-electron chi connectivity index (χ0n) is 13.2. The molecule has 116 valence electrons. The van der Waals surface area contributed by atoms with Crippen molar-refractivity contribution in [2.75, 3.05) is 18.1 Å². The Morgan fingerprint density at radius 3 is 2.85 bits per heavy atom. The van der Waals surface area contributed by atoms with E-state index >= 15 is 0 Å². The first-order valence-corrected chi connectivity index (χ1v) is 9.41. The van der Waals surface area contributed by atoms with Crippen LogP contribution < -0.4 is 5.32 Å². The molecular weight excluding hydrogens is 268 g/mol. The minimum absolute atomic E-state index is 0.0766. The highest BCUT2D eigenvalue weighted by molar-refractivity contribution is 7.99. The van der Waals surface area contributed by atoms with Crippen molar-refractivity contribution in [3.63, 3.8) is 0 Å². The van der Waals surface area contributed by atoms with Gasteiger partial charge in [0.1, 0.15) is 0 Å². The third-order valence-corrected chi connectivity index (χ3v) is 5.60. The molecule has 2 aliphatic heterocycles. The van der Waals surface area contributed by atoms with Crippen LogP contribution in [0.2, 0.25) is 0 Å². The molecule has 0 aromatic rings. The molecule has 2 heterocycles. The second-order valence-electron chi connectivity index (χ2n) is 6.73. The van der Waals surface area contributed by atoms with Crippen molar-refractivity contribution in [2.24, 2.45) is 11.8 Å². The Morgan fingerprint density at radius 2 is 2.25 bits per heavy atom. The summed E-state index contributed by atoms with van der Waals surface area (Å²) in [4.78, 5) is 14.8. The van der Waals surface area contributed by atoms with Gasteiger partial charge in [-0.3, -0.25) is 10.1 Å². The van der Waals surface area contributed by atoms with Crippen LogP contribution in [0, 0.1) is 11.8 Å². The van der Waals surface area contributed by atoms with E-state index in [0.29, 0.717) is 17.7 Å². The highest BCUT2D eigenvalue weighted by atomic mass is 32.2. The Kier molecular flexibility index (Phi) is 6.21. The van der Waals surface area contributed by atoms with Gasteiger partial charge in [-0.1, -0.05) is 33.6 Å². The predicted molar refractivity (Wildman–Crippen MR) is 86.8 cm³/mol. The van der Waals surface area contributed by atoms with Gasteiger partial charge in [0.15, 0.2) is 0 Å². The van der Waals surface area contributed by atoms with Gasteiger partial charge in [0.25, 0.3) is 0 Å². The van der Waals surface area contributed by atoms with Gasteiger partial charge in [-0.05, 0) is 42.6 Å². The van der Waals surface area contributed by atoms with Crippen LogP contribution in [0.15, 0.2) is 0 Å². The maximum atomic E-state index is 12.6. The van der Waals surface area contributed by atoms with E-state index < -0.39 is 0 Å². The van der Waals surface area contributed by atoms with Gasteiger partial charge in [0.2, 0.25) is 5.91 Å². The summed E-state index contributed by atoms with van der Waals surface area (Å²) in [5.74, 6) is 4.21. The number of unbranched alkanes of at least 4 members (excludes halogenated alkanes) is 1. The molecule has 3 atom stereocenters. The summed E-state index contributed by atoms with van der Waals surface area (Å²) in [5.41, 5.74) is 0. The van der Waals surface area contributed by atoms with Gasteiger partial charge in [0.05, 0.1) is 12.2 Å². The second-order valence-corrected chi connectivity index (χ2v) is 7.88. The Morgan fingerprint density at radius 1 is 1.45 bits per heavy atom. The minimum atomic E-state index is 0.0766. The summed E-state index contributed by atoms with van der Waals surface area (Å²) in [7, 11) is 0. The lowest BCUT2D eigenvalue weighted by Crippen LogP contribution is -2.41. The summed E-state index contributed by atoms with van der Waals surface area (Å²) in [6.45, 7) is 7.65. The molecule has 0 aromatic carbocycles. The minimum Gasteiger partial charge on any atom is -0.325 e. The largest absolute Gasteiger partial charge is 0.325 e. The number of nitrogens with zero attached hydrogens (tertiary/aromatic N) is 1. The van der Waals surface area contributed by atoms with Crippen LogP contribution in [0.1, 0.15) is 52.9 Å². The maximum absolute atomic E-state index is 12.6. The fourth-order valence-electron chi connectivity index (χ4n) is 3.23. The number of hydrogen-bond acceptors (Lipinski definition) is 3. The lowest BCUT2D eigenvalue weighted by Gasteiger charge is -2.27. The topological polar surface area (TPSA) is 32.3 Å². The number of hydrogen-bond donors (Lipinski definition) is 1. The fourth-order valence-corrected chi connectivity index (χ4v) is 4.50. The summed E-state index contributed by atoms with van der Waals surface area (Å²) in [5, 5.41) is 3.60. The van der Waals surface area contributed by atoms with Crippen LogP contribution in [0.3, 0.4) is 0 Å². The first kappa shape index (κ1) is 16.2. The smallest absolute Gasteiger partial charge is 0.241 e. The molecule has 2 aliphatic rings. The van der Waals surface area contributed by atoms with Gasteiger partial charge < -0.3 is 4.90 Å². The lowest BCUT2D eigenvalue weighted by atomic mass is 10.1. The molecular formula is C16H30N2OS. The number of amides is 1. The van der Waals surface area contributed by atoms with Gasteiger partial charge in [-0.25, -0.2) is 0 Å². The zero-order valence-corrected chi connectivity index (χ0v) is 14.0. The van der Waals surface area contributed by atoms with Crippen LogP contribution >= 0.6 is 11.8 Å². The van der Waals surface area contributed by atoms with Crippen LogP contribution in [0.25, 0.3) is 0 Å². The third kappa shape index (κ3) is 4.14. The Balaban J connectivity index is 1.97. The Labute approximate surface area is 128 Å². The normalized spacial score (nSPS) is 30.7. The van der Waals surface area contributed by atoms with E-state index in [-0.39, 0.29) is 12.2 Å². The number of thioether (sulfide) groups is 1. The summed E-state index contributed by atoms with van der Waals surface area (Å²) in [6.07, 6.45) is 5.94. The third-order valence-electron chi connectivity index (χ3n) is 4.37. The SMILES string of the molecule is CCCCC1NC(CC(C)C)N(CC2CCSC2)C1=O. The number of carbonyl (C=O) groups is 1. The first-order valence-electron chi connectivity index (χ1n) is 8.26. The van der Waals surface area contributed by atoms with Crippen LogP contribution in [0.4, 0.5) is 0 Å². The van der Waals surface area contributed by atoms with Crippen molar-refractivity contribution in [1.29, 1.82) is 0 Å².